The maximum Gasteiger partial charge on any atom is 0.0623 e. The third kappa shape index (κ3) is 4.79. The summed E-state index contributed by atoms with van der Waals surface area (Å²) in [5, 5.41) is 14.3. The van der Waals surface area contributed by atoms with Crippen LogP contribution in [0.5, 0.6) is 0 Å². The van der Waals surface area contributed by atoms with Crippen LogP contribution in [0.4, 0.5) is 0 Å². The second kappa shape index (κ2) is 6.04. The molecule has 0 bridgehead atoms. The summed E-state index contributed by atoms with van der Waals surface area (Å²) in [6.45, 7) is 4.13. The standard InChI is InChI=1S/C13H24N2O/c1-4-5-6-8-13(2,16)9-7-12-10-14-15(3)11-12/h10-11,16H,4-9H2,1-3H3. The van der Waals surface area contributed by atoms with Crippen LogP contribution in [0.2, 0.25) is 0 Å². The van der Waals surface area contributed by atoms with Gasteiger partial charge in [-0.15, -0.1) is 0 Å². The van der Waals surface area contributed by atoms with E-state index in [0.717, 1.165) is 25.7 Å². The van der Waals surface area contributed by atoms with Crippen LogP contribution in [0, 0.1) is 0 Å². The third-order valence-electron chi connectivity index (χ3n) is 3.03. The molecule has 0 aliphatic heterocycles. The van der Waals surface area contributed by atoms with E-state index in [1.165, 1.54) is 18.4 Å². The van der Waals surface area contributed by atoms with Crippen molar-refractivity contribution in [3.05, 3.63) is 18.0 Å². The van der Waals surface area contributed by atoms with Crippen LogP contribution >= 0.6 is 0 Å². The van der Waals surface area contributed by atoms with Gasteiger partial charge in [-0.3, -0.25) is 4.68 Å². The van der Waals surface area contributed by atoms with Gasteiger partial charge in [0.15, 0.2) is 0 Å². The molecule has 1 heterocycles. The molecule has 1 aromatic rings. The van der Waals surface area contributed by atoms with Gasteiger partial charge in [0, 0.05) is 13.2 Å². The molecule has 3 heteroatoms. The zero-order valence-corrected chi connectivity index (χ0v) is 10.7. The van der Waals surface area contributed by atoms with Crippen molar-refractivity contribution in [1.82, 2.24) is 9.78 Å². The lowest BCUT2D eigenvalue weighted by Crippen LogP contribution is -2.24. The van der Waals surface area contributed by atoms with Crippen molar-refractivity contribution in [3.8, 4) is 0 Å². The van der Waals surface area contributed by atoms with Crippen LogP contribution in [0.15, 0.2) is 12.4 Å². The van der Waals surface area contributed by atoms with Crippen LogP contribution in [-0.2, 0) is 13.5 Å². The van der Waals surface area contributed by atoms with Gasteiger partial charge in [-0.1, -0.05) is 26.2 Å². The molecule has 0 amide bonds. The molecule has 0 saturated carbocycles. The summed E-state index contributed by atoms with van der Waals surface area (Å²) in [5.74, 6) is 0. The molecule has 1 aromatic heterocycles. The Hall–Kier alpha value is -0.830. The van der Waals surface area contributed by atoms with Crippen molar-refractivity contribution in [3.63, 3.8) is 0 Å². The van der Waals surface area contributed by atoms with Crippen molar-refractivity contribution in [1.29, 1.82) is 0 Å². The fraction of sp³-hybridized carbons (Fsp3) is 0.769. The average molecular weight is 224 g/mol. The van der Waals surface area contributed by atoms with Gasteiger partial charge in [-0.25, -0.2) is 0 Å². The Morgan fingerprint density at radius 3 is 2.69 bits per heavy atom. The zero-order valence-electron chi connectivity index (χ0n) is 10.7. The van der Waals surface area contributed by atoms with E-state index in [2.05, 4.69) is 12.0 Å². The summed E-state index contributed by atoms with van der Waals surface area (Å²) >= 11 is 0. The number of aryl methyl sites for hydroxylation is 2. The highest BCUT2D eigenvalue weighted by Crippen LogP contribution is 2.20. The van der Waals surface area contributed by atoms with Crippen LogP contribution in [0.25, 0.3) is 0 Å². The molecule has 16 heavy (non-hydrogen) atoms. The van der Waals surface area contributed by atoms with Gasteiger partial charge in [0.2, 0.25) is 0 Å². The van der Waals surface area contributed by atoms with Crippen molar-refractivity contribution in [2.45, 2.75) is 58.0 Å². The molecule has 0 radical (unpaired) electrons. The van der Waals surface area contributed by atoms with Crippen molar-refractivity contribution >= 4 is 0 Å². The number of aromatic nitrogens is 2. The summed E-state index contributed by atoms with van der Waals surface area (Å²) in [4.78, 5) is 0. The molecular formula is C13H24N2O. The Morgan fingerprint density at radius 2 is 2.12 bits per heavy atom. The Labute approximate surface area is 98.5 Å². The highest BCUT2D eigenvalue weighted by molar-refractivity contribution is 5.04. The molecule has 0 aliphatic carbocycles. The summed E-state index contributed by atoms with van der Waals surface area (Å²) in [6, 6.07) is 0. The summed E-state index contributed by atoms with van der Waals surface area (Å²) in [5.41, 5.74) is 0.684. The van der Waals surface area contributed by atoms with E-state index in [-0.39, 0.29) is 0 Å². The number of nitrogens with zero attached hydrogens (tertiary/aromatic N) is 2. The van der Waals surface area contributed by atoms with Gasteiger partial charge in [0.1, 0.15) is 0 Å². The fourth-order valence-electron chi connectivity index (χ4n) is 1.90. The Bertz CT molecular complexity index is 305. The predicted octanol–water partition coefficient (Wildman–Crippen LogP) is 2.68. The minimum absolute atomic E-state index is 0.523. The first-order valence-corrected chi connectivity index (χ1v) is 6.23. The van der Waals surface area contributed by atoms with Crippen LogP contribution in [0.3, 0.4) is 0 Å². The smallest absolute Gasteiger partial charge is 0.0623 e. The van der Waals surface area contributed by atoms with E-state index in [4.69, 9.17) is 0 Å². The Morgan fingerprint density at radius 1 is 1.38 bits per heavy atom. The number of aliphatic hydroxyl groups is 1. The lowest BCUT2D eigenvalue weighted by atomic mass is 9.92. The van der Waals surface area contributed by atoms with Gasteiger partial charge in [-0.05, 0) is 31.7 Å². The molecule has 0 fully saturated rings. The van der Waals surface area contributed by atoms with Crippen molar-refractivity contribution in [2.75, 3.05) is 0 Å². The van der Waals surface area contributed by atoms with Gasteiger partial charge in [0.25, 0.3) is 0 Å². The van der Waals surface area contributed by atoms with Crippen LogP contribution in [-0.4, -0.2) is 20.5 Å². The van der Waals surface area contributed by atoms with Crippen molar-refractivity contribution < 1.29 is 5.11 Å². The lowest BCUT2D eigenvalue weighted by molar-refractivity contribution is 0.0397. The zero-order chi connectivity index (χ0) is 12.0. The quantitative estimate of drug-likeness (QED) is 0.723. The van der Waals surface area contributed by atoms with Crippen molar-refractivity contribution in [2.24, 2.45) is 7.05 Å². The van der Waals surface area contributed by atoms with E-state index in [1.54, 1.807) is 4.68 Å². The van der Waals surface area contributed by atoms with Gasteiger partial charge >= 0.3 is 0 Å². The number of rotatable bonds is 7. The normalized spacial score (nSPS) is 15.0. The summed E-state index contributed by atoms with van der Waals surface area (Å²) < 4.78 is 1.81. The predicted molar refractivity (Wildman–Crippen MR) is 66.3 cm³/mol. The fourth-order valence-corrected chi connectivity index (χ4v) is 1.90. The van der Waals surface area contributed by atoms with E-state index in [0.29, 0.717) is 0 Å². The van der Waals surface area contributed by atoms with Gasteiger partial charge < -0.3 is 5.11 Å². The maximum atomic E-state index is 10.2. The first kappa shape index (κ1) is 13.2. The first-order chi connectivity index (χ1) is 7.53. The monoisotopic (exact) mass is 224 g/mol. The average Bonchev–Trinajstić information content (AvgIpc) is 2.62. The second-order valence-corrected chi connectivity index (χ2v) is 4.98. The molecule has 1 unspecified atom stereocenters. The topological polar surface area (TPSA) is 38.1 Å². The number of unbranched alkanes of at least 4 members (excludes halogenated alkanes) is 2. The largest absolute Gasteiger partial charge is 0.390 e. The summed E-state index contributed by atoms with van der Waals surface area (Å²) in [6.07, 6.45) is 10.1. The SMILES string of the molecule is CCCCCC(C)(O)CCc1cnn(C)c1. The summed E-state index contributed by atoms with van der Waals surface area (Å²) in [7, 11) is 1.92. The molecule has 1 atom stereocenters. The number of hydrogen-bond donors (Lipinski definition) is 1. The molecule has 1 rings (SSSR count). The highest BCUT2D eigenvalue weighted by atomic mass is 16.3. The minimum atomic E-state index is -0.523. The molecule has 0 spiro atoms. The molecule has 0 aromatic carbocycles. The molecule has 0 aliphatic rings. The maximum absolute atomic E-state index is 10.2. The Balaban J connectivity index is 2.29. The molecule has 1 N–H and O–H groups in total. The van der Waals surface area contributed by atoms with Gasteiger partial charge in [0.05, 0.1) is 11.8 Å². The molecular weight excluding hydrogens is 200 g/mol. The highest BCUT2D eigenvalue weighted by Gasteiger charge is 2.19. The molecule has 0 saturated heterocycles. The minimum Gasteiger partial charge on any atom is -0.390 e. The van der Waals surface area contributed by atoms with Crippen LogP contribution < -0.4 is 0 Å². The van der Waals surface area contributed by atoms with E-state index < -0.39 is 5.60 Å². The van der Waals surface area contributed by atoms with E-state index in [9.17, 15) is 5.11 Å². The second-order valence-electron chi connectivity index (χ2n) is 4.98. The van der Waals surface area contributed by atoms with E-state index >= 15 is 0 Å². The van der Waals surface area contributed by atoms with Gasteiger partial charge in [-0.2, -0.15) is 5.10 Å². The molecule has 3 nitrogen and oxygen atoms in total. The first-order valence-electron chi connectivity index (χ1n) is 6.23. The number of hydrogen-bond acceptors (Lipinski definition) is 2. The Kier molecular flexibility index (Phi) is 5.00. The molecule has 92 valence electrons. The van der Waals surface area contributed by atoms with E-state index in [1.807, 2.05) is 26.4 Å². The van der Waals surface area contributed by atoms with Crippen LogP contribution in [0.1, 0.15) is 51.5 Å². The third-order valence-corrected chi connectivity index (χ3v) is 3.03. The lowest BCUT2D eigenvalue weighted by Gasteiger charge is -2.22.